The van der Waals surface area contributed by atoms with Crippen LogP contribution in [0.15, 0.2) is 48.7 Å². The summed E-state index contributed by atoms with van der Waals surface area (Å²) in [5.74, 6) is -1.20. The summed E-state index contributed by atoms with van der Waals surface area (Å²) in [6.45, 7) is 0. The van der Waals surface area contributed by atoms with Crippen LogP contribution in [-0.4, -0.2) is 21.6 Å². The lowest BCUT2D eigenvalue weighted by molar-refractivity contribution is -0.136. The molecule has 6 heteroatoms. The lowest BCUT2D eigenvalue weighted by Crippen LogP contribution is -2.12. The zero-order valence-corrected chi connectivity index (χ0v) is 13.7. The van der Waals surface area contributed by atoms with E-state index < -0.39 is 5.97 Å². The quantitative estimate of drug-likeness (QED) is 0.759. The predicted molar refractivity (Wildman–Crippen MR) is 93.7 cm³/mol. The number of carboxylic acid groups (broad SMARTS) is 1. The SMILES string of the molecule is Cn1cc(C(=O)Nc2ccc(CC(=O)O)cc2Cl)c2ccccc21. The molecule has 0 fully saturated rings. The average molecular weight is 343 g/mol. The minimum Gasteiger partial charge on any atom is -0.481 e. The summed E-state index contributed by atoms with van der Waals surface area (Å²) in [4.78, 5) is 23.3. The maximum Gasteiger partial charge on any atom is 0.307 e. The van der Waals surface area contributed by atoms with E-state index in [1.165, 1.54) is 0 Å². The van der Waals surface area contributed by atoms with Gasteiger partial charge in [0.1, 0.15) is 0 Å². The first-order chi connectivity index (χ1) is 11.5. The number of aryl methyl sites for hydroxylation is 1. The van der Waals surface area contributed by atoms with Crippen molar-refractivity contribution in [3.63, 3.8) is 0 Å². The molecule has 0 unspecified atom stereocenters. The number of carboxylic acids is 1. The molecule has 3 rings (SSSR count). The summed E-state index contributed by atoms with van der Waals surface area (Å²) in [5.41, 5.74) is 2.55. The first-order valence-electron chi connectivity index (χ1n) is 7.31. The van der Waals surface area contributed by atoms with Gasteiger partial charge in [-0.3, -0.25) is 9.59 Å². The van der Waals surface area contributed by atoms with Gasteiger partial charge in [-0.25, -0.2) is 0 Å². The van der Waals surface area contributed by atoms with Crippen LogP contribution in [0.5, 0.6) is 0 Å². The molecule has 0 radical (unpaired) electrons. The number of anilines is 1. The molecule has 0 aliphatic carbocycles. The third kappa shape index (κ3) is 3.12. The van der Waals surface area contributed by atoms with Gasteiger partial charge in [-0.15, -0.1) is 0 Å². The van der Waals surface area contributed by atoms with E-state index in [2.05, 4.69) is 5.32 Å². The van der Waals surface area contributed by atoms with Gasteiger partial charge in [-0.2, -0.15) is 0 Å². The van der Waals surface area contributed by atoms with Gasteiger partial charge >= 0.3 is 5.97 Å². The van der Waals surface area contributed by atoms with Crippen molar-refractivity contribution >= 4 is 40.1 Å². The van der Waals surface area contributed by atoms with Crippen LogP contribution in [0.4, 0.5) is 5.69 Å². The average Bonchev–Trinajstić information content (AvgIpc) is 2.87. The number of rotatable bonds is 4. The number of carbonyl (C=O) groups is 2. The zero-order chi connectivity index (χ0) is 17.3. The van der Waals surface area contributed by atoms with Gasteiger partial charge in [-0.05, 0) is 23.8 Å². The summed E-state index contributed by atoms with van der Waals surface area (Å²) >= 11 is 6.15. The second-order valence-electron chi connectivity index (χ2n) is 5.51. The predicted octanol–water partition coefficient (Wildman–Crippen LogP) is 3.71. The van der Waals surface area contributed by atoms with E-state index in [1.807, 2.05) is 35.9 Å². The van der Waals surface area contributed by atoms with Crippen LogP contribution < -0.4 is 5.32 Å². The molecule has 122 valence electrons. The van der Waals surface area contributed by atoms with Gasteiger partial charge in [0.25, 0.3) is 5.91 Å². The second kappa shape index (κ2) is 6.37. The Bertz CT molecular complexity index is 947. The van der Waals surface area contributed by atoms with Crippen LogP contribution >= 0.6 is 11.6 Å². The number of halogens is 1. The number of nitrogens with one attached hydrogen (secondary N) is 1. The summed E-state index contributed by atoms with van der Waals surface area (Å²) < 4.78 is 1.89. The summed E-state index contributed by atoms with van der Waals surface area (Å²) in [6, 6.07) is 12.4. The Kier molecular flexibility index (Phi) is 4.27. The number of aromatic nitrogens is 1. The van der Waals surface area contributed by atoms with Crippen LogP contribution in [0.25, 0.3) is 10.9 Å². The van der Waals surface area contributed by atoms with Crippen molar-refractivity contribution in [1.29, 1.82) is 0 Å². The molecule has 1 heterocycles. The standard InChI is InChI=1S/C18H15ClN2O3/c1-21-10-13(12-4-2-3-5-16(12)21)18(24)20-15-7-6-11(8-14(15)19)9-17(22)23/h2-8,10H,9H2,1H3,(H,20,24)(H,22,23). The van der Waals surface area contributed by atoms with Crippen molar-refractivity contribution < 1.29 is 14.7 Å². The Morgan fingerprint density at radius 2 is 1.96 bits per heavy atom. The number of nitrogens with zero attached hydrogens (tertiary/aromatic N) is 1. The van der Waals surface area contributed by atoms with Crippen LogP contribution in [0.3, 0.4) is 0 Å². The van der Waals surface area contributed by atoms with Gasteiger partial charge in [0.15, 0.2) is 0 Å². The number of amides is 1. The van der Waals surface area contributed by atoms with E-state index in [-0.39, 0.29) is 12.3 Å². The molecule has 3 aromatic rings. The molecule has 0 saturated carbocycles. The number of aliphatic carboxylic acids is 1. The molecule has 1 aromatic heterocycles. The Balaban J connectivity index is 1.88. The molecule has 0 aliphatic rings. The minimum atomic E-state index is -0.932. The summed E-state index contributed by atoms with van der Waals surface area (Å²) in [6.07, 6.45) is 1.66. The molecule has 0 atom stereocenters. The van der Waals surface area contributed by atoms with E-state index >= 15 is 0 Å². The molecular formula is C18H15ClN2O3. The number of hydrogen-bond acceptors (Lipinski definition) is 2. The van der Waals surface area contributed by atoms with E-state index in [1.54, 1.807) is 24.4 Å². The van der Waals surface area contributed by atoms with Gasteiger partial charge in [-0.1, -0.05) is 35.9 Å². The number of benzene rings is 2. The van der Waals surface area contributed by atoms with Crippen molar-refractivity contribution in [1.82, 2.24) is 4.57 Å². The fourth-order valence-corrected chi connectivity index (χ4v) is 2.91. The third-order valence-electron chi connectivity index (χ3n) is 3.78. The maximum absolute atomic E-state index is 12.6. The molecular weight excluding hydrogens is 328 g/mol. The number of para-hydroxylation sites is 1. The summed E-state index contributed by atoms with van der Waals surface area (Å²) in [7, 11) is 1.88. The smallest absolute Gasteiger partial charge is 0.307 e. The Morgan fingerprint density at radius 3 is 2.67 bits per heavy atom. The Hall–Kier alpha value is -2.79. The van der Waals surface area contributed by atoms with Crippen LogP contribution in [-0.2, 0) is 18.3 Å². The lowest BCUT2D eigenvalue weighted by Gasteiger charge is -2.08. The van der Waals surface area contributed by atoms with Crippen LogP contribution in [0, 0.1) is 0 Å². The highest BCUT2D eigenvalue weighted by molar-refractivity contribution is 6.34. The Labute approximate surface area is 143 Å². The largest absolute Gasteiger partial charge is 0.481 e. The number of fused-ring (bicyclic) bond motifs is 1. The molecule has 1 amide bonds. The summed E-state index contributed by atoms with van der Waals surface area (Å²) in [5, 5.41) is 12.8. The van der Waals surface area contributed by atoms with Gasteiger partial charge < -0.3 is 15.0 Å². The van der Waals surface area contributed by atoms with Crippen molar-refractivity contribution in [3.8, 4) is 0 Å². The first kappa shape index (κ1) is 16.1. The minimum absolute atomic E-state index is 0.114. The molecule has 2 N–H and O–H groups in total. The molecule has 0 saturated heterocycles. The highest BCUT2D eigenvalue weighted by atomic mass is 35.5. The van der Waals surface area contributed by atoms with Gasteiger partial charge in [0, 0.05) is 24.1 Å². The van der Waals surface area contributed by atoms with E-state index in [0.717, 1.165) is 10.9 Å². The first-order valence-corrected chi connectivity index (χ1v) is 7.69. The van der Waals surface area contributed by atoms with Gasteiger partial charge in [0.05, 0.1) is 22.7 Å². The fraction of sp³-hybridized carbons (Fsp3) is 0.111. The Morgan fingerprint density at radius 1 is 1.21 bits per heavy atom. The third-order valence-corrected chi connectivity index (χ3v) is 4.09. The van der Waals surface area contributed by atoms with E-state index in [0.29, 0.717) is 21.8 Å². The van der Waals surface area contributed by atoms with Crippen LogP contribution in [0.1, 0.15) is 15.9 Å². The van der Waals surface area contributed by atoms with Gasteiger partial charge in [0.2, 0.25) is 0 Å². The normalized spacial score (nSPS) is 10.8. The monoisotopic (exact) mass is 342 g/mol. The van der Waals surface area contributed by atoms with Crippen LogP contribution in [0.2, 0.25) is 5.02 Å². The van der Waals surface area contributed by atoms with Crippen molar-refractivity contribution in [2.75, 3.05) is 5.32 Å². The van der Waals surface area contributed by atoms with E-state index in [4.69, 9.17) is 16.7 Å². The topological polar surface area (TPSA) is 71.3 Å². The highest BCUT2D eigenvalue weighted by Gasteiger charge is 2.15. The molecule has 0 spiro atoms. The fourth-order valence-electron chi connectivity index (χ4n) is 2.66. The van der Waals surface area contributed by atoms with E-state index in [9.17, 15) is 9.59 Å². The van der Waals surface area contributed by atoms with Crippen molar-refractivity contribution in [2.45, 2.75) is 6.42 Å². The molecule has 2 aromatic carbocycles. The molecule has 0 aliphatic heterocycles. The zero-order valence-electron chi connectivity index (χ0n) is 12.9. The van der Waals surface area contributed by atoms with Crippen molar-refractivity contribution in [2.24, 2.45) is 7.05 Å². The molecule has 24 heavy (non-hydrogen) atoms. The molecule has 5 nitrogen and oxygen atoms in total. The molecule has 0 bridgehead atoms. The highest BCUT2D eigenvalue weighted by Crippen LogP contribution is 2.26. The lowest BCUT2D eigenvalue weighted by atomic mass is 10.1. The number of carbonyl (C=O) groups excluding carboxylic acids is 1. The second-order valence-corrected chi connectivity index (χ2v) is 5.92. The van der Waals surface area contributed by atoms with Crippen molar-refractivity contribution in [3.05, 3.63) is 64.8 Å². The number of hydrogen-bond donors (Lipinski definition) is 2. The maximum atomic E-state index is 12.6.